The fraction of sp³-hybridized carbons (Fsp3) is 0.571. The summed E-state index contributed by atoms with van der Waals surface area (Å²) >= 11 is 0. The van der Waals surface area contributed by atoms with Crippen LogP contribution in [0, 0.1) is 12.8 Å². The van der Waals surface area contributed by atoms with Gasteiger partial charge in [0.1, 0.15) is 5.52 Å². The molecule has 0 aliphatic heterocycles. The van der Waals surface area contributed by atoms with Crippen molar-refractivity contribution in [1.82, 2.24) is 14.5 Å². The van der Waals surface area contributed by atoms with Crippen molar-refractivity contribution in [2.45, 2.75) is 46.6 Å². The minimum absolute atomic E-state index is 0.333. The Morgan fingerprint density at radius 3 is 2.50 bits per heavy atom. The van der Waals surface area contributed by atoms with Crippen molar-refractivity contribution in [3.63, 3.8) is 0 Å². The van der Waals surface area contributed by atoms with E-state index in [1.165, 1.54) is 0 Å². The van der Waals surface area contributed by atoms with Crippen LogP contribution in [0.4, 0.5) is 5.95 Å². The van der Waals surface area contributed by atoms with Crippen LogP contribution in [-0.2, 0) is 0 Å². The molecule has 0 amide bonds. The van der Waals surface area contributed by atoms with Crippen molar-refractivity contribution in [1.29, 1.82) is 0 Å². The lowest BCUT2D eigenvalue weighted by Gasteiger charge is -2.23. The molecule has 0 saturated carbocycles. The summed E-state index contributed by atoms with van der Waals surface area (Å²) in [6, 6.07) is 4.30. The van der Waals surface area contributed by atoms with Gasteiger partial charge in [-0.1, -0.05) is 26.7 Å². The quantitative estimate of drug-likeness (QED) is 0.900. The van der Waals surface area contributed by atoms with Gasteiger partial charge >= 0.3 is 0 Å². The Hall–Kier alpha value is -1.58. The van der Waals surface area contributed by atoms with Gasteiger partial charge < -0.3 is 5.73 Å². The fourth-order valence-electron chi connectivity index (χ4n) is 2.67. The van der Waals surface area contributed by atoms with Gasteiger partial charge in [0.25, 0.3) is 0 Å². The van der Waals surface area contributed by atoms with E-state index in [1.807, 2.05) is 19.1 Å². The second kappa shape index (κ2) is 4.96. The van der Waals surface area contributed by atoms with Crippen molar-refractivity contribution >= 4 is 17.1 Å². The number of nitrogens with zero attached hydrogens (tertiary/aromatic N) is 3. The highest BCUT2D eigenvalue weighted by Crippen LogP contribution is 2.29. The molecule has 0 aliphatic rings. The molecule has 18 heavy (non-hydrogen) atoms. The lowest BCUT2D eigenvalue weighted by molar-refractivity contribution is 0.341. The van der Waals surface area contributed by atoms with Gasteiger partial charge in [0, 0.05) is 11.7 Å². The molecule has 2 heterocycles. The molecule has 0 aliphatic carbocycles. The molecule has 98 valence electrons. The Kier molecular flexibility index (Phi) is 3.55. The number of hydrogen-bond donors (Lipinski definition) is 1. The monoisotopic (exact) mass is 246 g/mol. The summed E-state index contributed by atoms with van der Waals surface area (Å²) in [4.78, 5) is 8.99. The average molecular weight is 246 g/mol. The summed E-state index contributed by atoms with van der Waals surface area (Å²) in [6.45, 7) is 8.64. The number of nitrogen functional groups attached to an aromatic ring is 1. The van der Waals surface area contributed by atoms with E-state index in [-0.39, 0.29) is 0 Å². The standard InChI is InChI=1S/C14H22N4/c1-5-11(6-2)10(4)18-13-12(17-14(18)15)8-7-9(3)16-13/h7-8,10-11H,5-6H2,1-4H3,(H2,15,17). The number of aryl methyl sites for hydroxylation is 1. The van der Waals surface area contributed by atoms with Crippen molar-refractivity contribution in [3.8, 4) is 0 Å². The van der Waals surface area contributed by atoms with E-state index >= 15 is 0 Å². The molecular formula is C14H22N4. The SMILES string of the molecule is CCC(CC)C(C)n1c(N)nc2ccc(C)nc21. The van der Waals surface area contributed by atoms with E-state index in [1.54, 1.807) is 0 Å². The summed E-state index contributed by atoms with van der Waals surface area (Å²) in [5.74, 6) is 1.18. The molecule has 1 atom stereocenters. The summed E-state index contributed by atoms with van der Waals surface area (Å²) in [7, 11) is 0. The van der Waals surface area contributed by atoms with Gasteiger partial charge in [0.15, 0.2) is 5.65 Å². The summed E-state index contributed by atoms with van der Waals surface area (Å²) < 4.78 is 2.08. The van der Waals surface area contributed by atoms with E-state index < -0.39 is 0 Å². The number of aromatic nitrogens is 3. The number of anilines is 1. The van der Waals surface area contributed by atoms with E-state index in [4.69, 9.17) is 5.73 Å². The van der Waals surface area contributed by atoms with Crippen LogP contribution in [0.1, 0.15) is 45.3 Å². The van der Waals surface area contributed by atoms with Crippen molar-refractivity contribution < 1.29 is 0 Å². The third-order valence-corrected chi connectivity index (χ3v) is 3.84. The number of hydrogen-bond acceptors (Lipinski definition) is 3. The van der Waals surface area contributed by atoms with Gasteiger partial charge in [-0.2, -0.15) is 0 Å². The van der Waals surface area contributed by atoms with E-state index in [0.717, 1.165) is 29.7 Å². The van der Waals surface area contributed by atoms with E-state index in [2.05, 4.69) is 35.3 Å². The number of fused-ring (bicyclic) bond motifs is 1. The largest absolute Gasteiger partial charge is 0.369 e. The van der Waals surface area contributed by atoms with Gasteiger partial charge in [0.2, 0.25) is 5.95 Å². The lowest BCUT2D eigenvalue weighted by Crippen LogP contribution is -2.17. The third kappa shape index (κ3) is 2.07. The predicted octanol–water partition coefficient (Wildman–Crippen LogP) is 3.32. The second-order valence-corrected chi connectivity index (χ2v) is 4.95. The highest BCUT2D eigenvalue weighted by atomic mass is 15.2. The molecule has 2 aromatic heterocycles. The summed E-state index contributed by atoms with van der Waals surface area (Å²) in [6.07, 6.45) is 2.28. The van der Waals surface area contributed by atoms with E-state index in [0.29, 0.717) is 17.9 Å². The van der Waals surface area contributed by atoms with Gasteiger partial charge in [-0.15, -0.1) is 0 Å². The van der Waals surface area contributed by atoms with E-state index in [9.17, 15) is 0 Å². The predicted molar refractivity (Wildman–Crippen MR) is 75.5 cm³/mol. The van der Waals surface area contributed by atoms with Crippen LogP contribution in [0.5, 0.6) is 0 Å². The van der Waals surface area contributed by atoms with Crippen LogP contribution in [0.25, 0.3) is 11.2 Å². The van der Waals surface area contributed by atoms with Crippen LogP contribution >= 0.6 is 0 Å². The Labute approximate surface area is 108 Å². The molecule has 4 heteroatoms. The smallest absolute Gasteiger partial charge is 0.202 e. The van der Waals surface area contributed by atoms with Gasteiger partial charge in [0.05, 0.1) is 0 Å². The molecule has 0 bridgehead atoms. The zero-order valence-corrected chi connectivity index (χ0v) is 11.6. The Morgan fingerprint density at radius 1 is 1.22 bits per heavy atom. The summed E-state index contributed by atoms with van der Waals surface area (Å²) in [5.41, 5.74) is 8.86. The maximum absolute atomic E-state index is 6.06. The van der Waals surface area contributed by atoms with Crippen LogP contribution in [-0.4, -0.2) is 14.5 Å². The fourth-order valence-corrected chi connectivity index (χ4v) is 2.67. The van der Waals surface area contributed by atoms with Crippen LogP contribution in [0.3, 0.4) is 0 Å². The molecule has 2 aromatic rings. The first kappa shape index (κ1) is 12.9. The molecule has 0 radical (unpaired) electrons. The Morgan fingerprint density at radius 2 is 1.89 bits per heavy atom. The molecule has 0 saturated heterocycles. The number of rotatable bonds is 4. The first-order valence-corrected chi connectivity index (χ1v) is 6.69. The highest BCUT2D eigenvalue weighted by Gasteiger charge is 2.21. The normalized spacial score (nSPS) is 13.4. The highest BCUT2D eigenvalue weighted by molar-refractivity contribution is 5.74. The topological polar surface area (TPSA) is 56.7 Å². The minimum atomic E-state index is 0.333. The number of pyridine rings is 1. The van der Waals surface area contributed by atoms with Crippen molar-refractivity contribution in [2.24, 2.45) is 5.92 Å². The van der Waals surface area contributed by atoms with Crippen molar-refractivity contribution in [2.75, 3.05) is 5.73 Å². The third-order valence-electron chi connectivity index (χ3n) is 3.84. The van der Waals surface area contributed by atoms with Crippen LogP contribution in [0.15, 0.2) is 12.1 Å². The zero-order valence-electron chi connectivity index (χ0n) is 11.6. The maximum atomic E-state index is 6.06. The molecule has 1 unspecified atom stereocenters. The van der Waals surface area contributed by atoms with Crippen molar-refractivity contribution in [3.05, 3.63) is 17.8 Å². The minimum Gasteiger partial charge on any atom is -0.369 e. The van der Waals surface area contributed by atoms with Crippen LogP contribution in [0.2, 0.25) is 0 Å². The van der Waals surface area contributed by atoms with Gasteiger partial charge in [-0.3, -0.25) is 4.57 Å². The molecule has 4 nitrogen and oxygen atoms in total. The zero-order chi connectivity index (χ0) is 13.3. The van der Waals surface area contributed by atoms with Gasteiger partial charge in [-0.25, -0.2) is 9.97 Å². The average Bonchev–Trinajstić information content (AvgIpc) is 2.65. The second-order valence-electron chi connectivity index (χ2n) is 4.95. The molecule has 0 aromatic carbocycles. The maximum Gasteiger partial charge on any atom is 0.202 e. The summed E-state index contributed by atoms with van der Waals surface area (Å²) in [5, 5.41) is 0. The molecule has 0 spiro atoms. The molecule has 2 rings (SSSR count). The van der Waals surface area contributed by atoms with Gasteiger partial charge in [-0.05, 0) is 31.9 Å². The number of imidazole rings is 1. The van der Waals surface area contributed by atoms with Crippen LogP contribution < -0.4 is 5.73 Å². The molecule has 2 N–H and O–H groups in total. The first-order chi connectivity index (χ1) is 8.58. The lowest BCUT2D eigenvalue weighted by atomic mass is 9.95. The molecular weight excluding hydrogens is 224 g/mol. The number of nitrogens with two attached hydrogens (primary N) is 1. The Bertz CT molecular complexity index is 540. The molecule has 0 fully saturated rings. The first-order valence-electron chi connectivity index (χ1n) is 6.69. The Balaban J connectivity index is 2.55.